The molecule has 1 fully saturated rings. The molecule has 0 aliphatic heterocycles. The summed E-state index contributed by atoms with van der Waals surface area (Å²) in [5, 5.41) is 8.72. The molecule has 0 aromatic carbocycles. The molecule has 1 saturated carbocycles. The van der Waals surface area contributed by atoms with Crippen molar-refractivity contribution in [3.63, 3.8) is 0 Å². The number of carboxylic acid groups (broad SMARTS) is 1. The van der Waals surface area contributed by atoms with Crippen molar-refractivity contribution in [1.82, 2.24) is 0 Å². The van der Waals surface area contributed by atoms with Crippen molar-refractivity contribution in [2.45, 2.75) is 61.5 Å². The topological polar surface area (TPSA) is 37.3 Å². The van der Waals surface area contributed by atoms with Crippen molar-refractivity contribution in [3.8, 4) is 0 Å². The van der Waals surface area contributed by atoms with Crippen LogP contribution in [-0.4, -0.2) is 52.8 Å². The molecule has 0 spiro atoms. The highest BCUT2D eigenvalue weighted by molar-refractivity contribution is 5.76. The maximum atomic E-state index is 14.0. The molecule has 2 nitrogen and oxygen atoms in total. The molecule has 1 aliphatic rings. The summed E-state index contributed by atoms with van der Waals surface area (Å²) in [5.41, 5.74) is -2.93. The molecule has 17 heteroatoms. The zero-order chi connectivity index (χ0) is 24.6. The summed E-state index contributed by atoms with van der Waals surface area (Å²) >= 11 is 0. The second-order valence-electron chi connectivity index (χ2n) is 6.81. The van der Waals surface area contributed by atoms with Gasteiger partial charge in [-0.1, -0.05) is 0 Å². The Balaban J connectivity index is 3.58. The lowest BCUT2D eigenvalue weighted by Crippen LogP contribution is -2.74. The van der Waals surface area contributed by atoms with Crippen molar-refractivity contribution in [2.24, 2.45) is 11.3 Å². The zero-order valence-electron chi connectivity index (χ0n) is 14.0. The molecular weight excluding hydrogens is 473 g/mol. The minimum atomic E-state index is -8.37. The van der Waals surface area contributed by atoms with Gasteiger partial charge in [0.1, 0.15) is 0 Å². The van der Waals surface area contributed by atoms with Gasteiger partial charge in [0, 0.05) is 5.92 Å². The number of hydrogen-bond acceptors (Lipinski definition) is 1. The Morgan fingerprint density at radius 2 is 1.03 bits per heavy atom. The molecule has 2 atom stereocenters. The zero-order valence-corrected chi connectivity index (χ0v) is 14.0. The molecule has 178 valence electrons. The average molecular weight is 482 g/mol. The van der Waals surface area contributed by atoms with Crippen molar-refractivity contribution in [3.05, 3.63) is 0 Å². The minimum absolute atomic E-state index is 0.302. The first-order chi connectivity index (χ1) is 12.8. The Bertz CT molecular complexity index is 695. The number of hydrogen-bond donors (Lipinski definition) is 1. The lowest BCUT2D eigenvalue weighted by Gasteiger charge is -2.50. The van der Waals surface area contributed by atoms with E-state index in [1.807, 2.05) is 0 Å². The van der Waals surface area contributed by atoms with Crippen molar-refractivity contribution in [1.29, 1.82) is 0 Å². The van der Waals surface area contributed by atoms with Gasteiger partial charge in [-0.3, -0.25) is 4.79 Å². The van der Waals surface area contributed by atoms with Crippen molar-refractivity contribution < 1.29 is 75.8 Å². The molecule has 0 amide bonds. The van der Waals surface area contributed by atoms with E-state index in [9.17, 15) is 70.7 Å². The Morgan fingerprint density at radius 1 is 0.700 bits per heavy atom. The molecule has 0 heterocycles. The maximum absolute atomic E-state index is 14.0. The summed E-state index contributed by atoms with van der Waals surface area (Å²) in [7, 11) is 0. The fourth-order valence-electron chi connectivity index (χ4n) is 2.76. The van der Waals surface area contributed by atoms with Crippen LogP contribution in [0.4, 0.5) is 65.9 Å². The maximum Gasteiger partial charge on any atom is 0.460 e. The number of rotatable bonds is 7. The largest absolute Gasteiger partial charge is 0.481 e. The Hall–Kier alpha value is -1.58. The number of aliphatic carboxylic acids is 1. The molecule has 1 rings (SSSR count). The first-order valence-corrected chi connectivity index (χ1v) is 7.35. The van der Waals surface area contributed by atoms with Crippen molar-refractivity contribution in [2.75, 3.05) is 0 Å². The minimum Gasteiger partial charge on any atom is -0.481 e. The van der Waals surface area contributed by atoms with Gasteiger partial charge in [0.2, 0.25) is 0 Å². The van der Waals surface area contributed by atoms with Crippen LogP contribution in [0.15, 0.2) is 0 Å². The molecular formula is C13H9F15O2. The van der Waals surface area contributed by atoms with E-state index >= 15 is 0 Å². The molecule has 1 N–H and O–H groups in total. The summed E-state index contributed by atoms with van der Waals surface area (Å²) in [5.74, 6) is -52.8. The Morgan fingerprint density at radius 3 is 1.30 bits per heavy atom. The number of carboxylic acids is 1. The summed E-state index contributed by atoms with van der Waals surface area (Å²) in [6.07, 6.45) is -9.85. The Kier molecular flexibility index (Phi) is 5.70. The van der Waals surface area contributed by atoms with Gasteiger partial charge in [-0.05, 0) is 19.8 Å². The molecule has 0 aromatic rings. The van der Waals surface area contributed by atoms with Gasteiger partial charge < -0.3 is 5.11 Å². The van der Waals surface area contributed by atoms with Crippen LogP contribution in [0.5, 0.6) is 0 Å². The SMILES string of the molecule is CC1(C(=O)O)CCC1C(F)(F)C(F)(F)C(F)(F)C(F)(F)C(F)(F)C(F)(F)C(F)(F)F. The van der Waals surface area contributed by atoms with Crippen molar-refractivity contribution >= 4 is 5.97 Å². The van der Waals surface area contributed by atoms with Gasteiger partial charge in [-0.25, -0.2) is 0 Å². The van der Waals surface area contributed by atoms with Crippen LogP contribution in [0.25, 0.3) is 0 Å². The van der Waals surface area contributed by atoms with E-state index in [0.717, 1.165) is 0 Å². The summed E-state index contributed by atoms with van der Waals surface area (Å²) < 4.78 is 197. The summed E-state index contributed by atoms with van der Waals surface area (Å²) in [6, 6.07) is 0. The van der Waals surface area contributed by atoms with Gasteiger partial charge in [0.05, 0.1) is 5.41 Å². The fourth-order valence-corrected chi connectivity index (χ4v) is 2.76. The first-order valence-electron chi connectivity index (χ1n) is 7.35. The second kappa shape index (κ2) is 6.46. The highest BCUT2D eigenvalue weighted by atomic mass is 19.4. The van der Waals surface area contributed by atoms with Gasteiger partial charge in [0.25, 0.3) is 0 Å². The van der Waals surface area contributed by atoms with Crippen LogP contribution in [0, 0.1) is 11.3 Å². The Labute approximate surface area is 156 Å². The van der Waals surface area contributed by atoms with Crippen LogP contribution in [0.2, 0.25) is 0 Å². The molecule has 0 radical (unpaired) electrons. The molecule has 0 saturated heterocycles. The molecule has 0 aromatic heterocycles. The van der Waals surface area contributed by atoms with E-state index in [1.54, 1.807) is 0 Å². The third-order valence-electron chi connectivity index (χ3n) is 5.00. The molecule has 1 aliphatic carbocycles. The third-order valence-corrected chi connectivity index (χ3v) is 5.00. The lowest BCUT2D eigenvalue weighted by molar-refractivity contribution is -0.457. The van der Waals surface area contributed by atoms with Crippen LogP contribution >= 0.6 is 0 Å². The standard InChI is InChI=1S/C13H9F15O2/c1-6(5(29)30)3-2-4(6)7(14,15)8(16,17)9(18,19)10(20,21)11(22,23)12(24,25)13(26,27)28/h4H,2-3H2,1H3,(H,29,30). The summed E-state index contributed by atoms with van der Waals surface area (Å²) in [4.78, 5) is 10.9. The van der Waals surface area contributed by atoms with Gasteiger partial charge >= 0.3 is 47.7 Å². The van der Waals surface area contributed by atoms with Gasteiger partial charge in [-0.2, -0.15) is 65.9 Å². The van der Waals surface area contributed by atoms with E-state index in [0.29, 0.717) is 6.92 Å². The van der Waals surface area contributed by atoms with Gasteiger partial charge in [-0.15, -0.1) is 0 Å². The second-order valence-corrected chi connectivity index (χ2v) is 6.81. The summed E-state index contributed by atoms with van der Waals surface area (Å²) in [6.45, 7) is 0.302. The quantitative estimate of drug-likeness (QED) is 0.462. The van der Waals surface area contributed by atoms with E-state index in [4.69, 9.17) is 5.11 Å². The smallest absolute Gasteiger partial charge is 0.460 e. The number of carbonyl (C=O) groups is 1. The number of alkyl halides is 15. The van der Waals surface area contributed by atoms with E-state index < -0.39 is 71.9 Å². The predicted octanol–water partition coefficient (Wildman–Crippen LogP) is 5.86. The van der Waals surface area contributed by atoms with Crippen LogP contribution in [0.1, 0.15) is 19.8 Å². The normalized spacial score (nSPS) is 25.1. The van der Waals surface area contributed by atoms with Crippen LogP contribution < -0.4 is 0 Å². The van der Waals surface area contributed by atoms with E-state index in [1.165, 1.54) is 0 Å². The van der Waals surface area contributed by atoms with E-state index in [-0.39, 0.29) is 0 Å². The first kappa shape index (κ1) is 26.5. The van der Waals surface area contributed by atoms with Crippen LogP contribution in [0.3, 0.4) is 0 Å². The van der Waals surface area contributed by atoms with E-state index in [2.05, 4.69) is 0 Å². The molecule has 2 unspecified atom stereocenters. The molecule has 0 bridgehead atoms. The third kappa shape index (κ3) is 2.92. The van der Waals surface area contributed by atoms with Gasteiger partial charge in [0.15, 0.2) is 0 Å². The average Bonchev–Trinajstić information content (AvgIpc) is 2.50. The predicted molar refractivity (Wildman–Crippen MR) is 64.2 cm³/mol. The lowest BCUT2D eigenvalue weighted by atomic mass is 9.57. The number of halogens is 15. The highest BCUT2D eigenvalue weighted by Gasteiger charge is 2.94. The molecule has 30 heavy (non-hydrogen) atoms. The fraction of sp³-hybridized carbons (Fsp3) is 0.923. The highest BCUT2D eigenvalue weighted by Crippen LogP contribution is 2.66. The van der Waals surface area contributed by atoms with Crippen LogP contribution in [-0.2, 0) is 4.79 Å². The monoisotopic (exact) mass is 482 g/mol.